The second-order valence-electron chi connectivity index (χ2n) is 20.9. The predicted molar refractivity (Wildman–Crippen MR) is 360 cm³/mol. The van der Waals surface area contributed by atoms with Crippen LogP contribution in [-0.4, -0.2) is 63.8 Å². The van der Waals surface area contributed by atoms with E-state index >= 15 is 0 Å². The Bertz CT molecular complexity index is 4750. The van der Waals surface area contributed by atoms with Crippen molar-refractivity contribution in [3.63, 3.8) is 0 Å². The van der Waals surface area contributed by atoms with Crippen LogP contribution in [0.5, 0.6) is 0 Å². The number of aromatic nitrogens is 6. The Kier molecular flexibility index (Phi) is 18.3. The zero-order valence-electron chi connectivity index (χ0n) is 48.9. The van der Waals surface area contributed by atoms with E-state index in [-0.39, 0.29) is 24.4 Å². The third-order valence-electron chi connectivity index (χ3n) is 15.5. The van der Waals surface area contributed by atoms with Gasteiger partial charge in [0.2, 0.25) is 10.0 Å². The standard InChI is InChI=1S/C27H23N3O5S2.2C24H16N2.Ru/c1-30(2)37(31,32)21-10-6-19(7-11-21)23-15-17-29-27-25(23)13-12-24-22(14-16-28-26(24)27)18-4-8-20(9-5-18)36-35-34-33-3;2*1-3-7-17(8-4-1)19-13-15-25-23-21(19)11-12-22-20(14-16-26-24(22)23)18-9-5-2-6-10-18;/h4-17H,1-3H3;2*1-16H;. The molecule has 440 valence electrons. The van der Waals surface area contributed by atoms with Crippen LogP contribution in [0, 0.1) is 0 Å². The third-order valence-corrected chi connectivity index (χ3v) is 18.0. The third kappa shape index (κ3) is 12.4. The molecule has 0 unspecified atom stereocenters. The molecule has 0 bridgehead atoms. The van der Waals surface area contributed by atoms with Crippen molar-refractivity contribution < 1.29 is 42.2 Å². The average Bonchev–Trinajstić information content (AvgIpc) is 1.09. The van der Waals surface area contributed by atoms with Crippen molar-refractivity contribution >= 4 is 87.5 Å². The van der Waals surface area contributed by atoms with E-state index < -0.39 is 10.0 Å². The van der Waals surface area contributed by atoms with Crippen LogP contribution in [0.4, 0.5) is 0 Å². The van der Waals surface area contributed by atoms with Crippen LogP contribution >= 0.6 is 12.0 Å². The average molecular weight is 1300 g/mol. The van der Waals surface area contributed by atoms with Crippen LogP contribution in [0.2, 0.25) is 0 Å². The molecule has 15 aromatic rings. The summed E-state index contributed by atoms with van der Waals surface area (Å²) in [5, 5.41) is 10.9. The van der Waals surface area contributed by atoms with Crippen LogP contribution < -0.4 is 0 Å². The van der Waals surface area contributed by atoms with E-state index in [0.29, 0.717) is 0 Å². The van der Waals surface area contributed by atoms with Gasteiger partial charge in [-0.05, 0) is 127 Å². The summed E-state index contributed by atoms with van der Waals surface area (Å²) < 4.78 is 31.0. The van der Waals surface area contributed by atoms with E-state index in [1.807, 2.05) is 110 Å². The van der Waals surface area contributed by atoms with Gasteiger partial charge in [-0.2, -0.15) is 0 Å². The molecule has 15 rings (SSSR count). The molecule has 6 heterocycles. The molecule has 0 spiro atoms. The van der Waals surface area contributed by atoms with Crippen LogP contribution in [-0.2, 0) is 43.8 Å². The van der Waals surface area contributed by atoms with E-state index in [1.54, 1.807) is 24.5 Å². The number of benzene rings is 9. The van der Waals surface area contributed by atoms with Crippen LogP contribution in [0.25, 0.3) is 132 Å². The number of rotatable bonds is 12. The maximum atomic E-state index is 12.5. The Morgan fingerprint density at radius 1 is 0.322 bits per heavy atom. The summed E-state index contributed by atoms with van der Waals surface area (Å²) in [6, 6.07) is 81.5. The molecule has 0 amide bonds. The van der Waals surface area contributed by atoms with Gasteiger partial charge in [0.1, 0.15) is 0 Å². The van der Waals surface area contributed by atoms with E-state index in [2.05, 4.69) is 185 Å². The zero-order valence-corrected chi connectivity index (χ0v) is 52.3. The molecule has 0 aliphatic carbocycles. The normalized spacial score (nSPS) is 11.3. The Hall–Kier alpha value is -9.80. The summed E-state index contributed by atoms with van der Waals surface area (Å²) in [6.07, 6.45) is 11.0. The van der Waals surface area contributed by atoms with Crippen molar-refractivity contribution in [1.29, 1.82) is 0 Å². The molecule has 0 aliphatic rings. The monoisotopic (exact) mass is 1300 g/mol. The number of hydrogen-bond donors (Lipinski definition) is 0. The van der Waals surface area contributed by atoms with Crippen molar-refractivity contribution in [2.24, 2.45) is 0 Å². The van der Waals surface area contributed by atoms with E-state index in [1.165, 1.54) is 70.0 Å². The first-order chi connectivity index (χ1) is 43.7. The molecule has 0 N–H and O–H groups in total. The second kappa shape index (κ2) is 27.3. The first kappa shape index (κ1) is 60.5. The molecule has 12 nitrogen and oxygen atoms in total. The number of pyridine rings is 6. The van der Waals surface area contributed by atoms with Crippen molar-refractivity contribution in [1.82, 2.24) is 34.2 Å². The van der Waals surface area contributed by atoms with Crippen molar-refractivity contribution in [3.05, 3.63) is 280 Å². The maximum absolute atomic E-state index is 12.5. The van der Waals surface area contributed by atoms with Crippen molar-refractivity contribution in [2.45, 2.75) is 9.79 Å². The Labute approximate surface area is 537 Å². The Balaban J connectivity index is 0.000000133. The van der Waals surface area contributed by atoms with Crippen LogP contribution in [0.3, 0.4) is 0 Å². The number of fused-ring (bicyclic) bond motifs is 9. The van der Waals surface area contributed by atoms with Crippen molar-refractivity contribution in [2.75, 3.05) is 21.2 Å². The van der Waals surface area contributed by atoms with Crippen LogP contribution in [0.1, 0.15) is 0 Å². The molecular formula is C75H55N7O5RuS2. The molecule has 0 fully saturated rings. The van der Waals surface area contributed by atoms with Gasteiger partial charge >= 0.3 is 0 Å². The summed E-state index contributed by atoms with van der Waals surface area (Å²) in [7, 11) is 0.912. The van der Waals surface area contributed by atoms with Crippen LogP contribution in [0.15, 0.2) is 290 Å². The van der Waals surface area contributed by atoms with E-state index in [9.17, 15) is 8.42 Å². The fourth-order valence-corrected chi connectivity index (χ4v) is 12.6. The summed E-state index contributed by atoms with van der Waals surface area (Å²) in [5.41, 5.74) is 18.8. The molecule has 0 aliphatic heterocycles. The fourth-order valence-electron chi connectivity index (χ4n) is 11.3. The molecule has 0 atom stereocenters. The van der Waals surface area contributed by atoms with Crippen molar-refractivity contribution in [3.8, 4) is 66.8 Å². The van der Waals surface area contributed by atoms with E-state index in [4.69, 9.17) is 4.33 Å². The largest absolute Gasteiger partial charge is 0.254 e. The Morgan fingerprint density at radius 3 is 0.811 bits per heavy atom. The summed E-state index contributed by atoms with van der Waals surface area (Å²) >= 11 is 1.05. The molecule has 90 heavy (non-hydrogen) atoms. The SMILES string of the molecule is COOOSc1ccc(-c2ccnc3c2ccc2c(-c4ccc(S(=O)(=O)N(C)C)cc4)ccnc23)cc1.[Ru].c1ccc(-c2ccnc3c2ccc2c(-c4ccccc4)ccnc23)cc1.c1ccc(-c2ccnc3c2ccc2c(-c4ccccc4)ccnc23)cc1. The van der Waals surface area contributed by atoms with Gasteiger partial charge in [0.05, 0.1) is 57.1 Å². The van der Waals surface area contributed by atoms with Gasteiger partial charge in [0.25, 0.3) is 0 Å². The first-order valence-electron chi connectivity index (χ1n) is 28.6. The molecule has 9 aromatic carbocycles. The van der Waals surface area contributed by atoms with E-state index in [0.717, 1.165) is 105 Å². The maximum Gasteiger partial charge on any atom is 0.242 e. The first-order valence-corrected chi connectivity index (χ1v) is 30.8. The molecular weight excluding hydrogens is 1240 g/mol. The van der Waals surface area contributed by atoms with Gasteiger partial charge in [-0.1, -0.05) is 187 Å². The zero-order chi connectivity index (χ0) is 60.7. The minimum Gasteiger partial charge on any atom is -0.254 e. The fraction of sp³-hybridized carbons (Fsp3) is 0.0400. The van der Waals surface area contributed by atoms with Gasteiger partial charge in [-0.15, -0.1) is 4.33 Å². The summed E-state index contributed by atoms with van der Waals surface area (Å²) in [6.45, 7) is 0. The topological polar surface area (TPSA) is 142 Å². The number of nitrogens with zero attached hydrogens (tertiary/aromatic N) is 7. The second-order valence-corrected chi connectivity index (χ2v) is 23.8. The van der Waals surface area contributed by atoms with Gasteiger partial charge in [0, 0.05) is 108 Å². The smallest absolute Gasteiger partial charge is 0.242 e. The van der Waals surface area contributed by atoms with Gasteiger partial charge < -0.3 is 0 Å². The quantitative estimate of drug-likeness (QED) is 0.0287. The molecule has 0 saturated carbocycles. The molecule has 0 saturated heterocycles. The minimum atomic E-state index is -3.50. The van der Waals surface area contributed by atoms with Gasteiger partial charge in [-0.25, -0.2) is 17.6 Å². The summed E-state index contributed by atoms with van der Waals surface area (Å²) in [4.78, 5) is 33.5. The summed E-state index contributed by atoms with van der Waals surface area (Å²) in [5.74, 6) is 0. The number of sulfonamides is 1. The molecule has 0 radical (unpaired) electrons. The molecule has 6 aromatic heterocycles. The van der Waals surface area contributed by atoms with Gasteiger partial charge in [0.15, 0.2) is 0 Å². The number of hydrogen-bond acceptors (Lipinski definition) is 12. The Morgan fingerprint density at radius 2 is 0.567 bits per heavy atom. The minimum absolute atomic E-state index is 0. The predicted octanol–water partition coefficient (Wildman–Crippen LogP) is 18.1. The molecule has 15 heteroatoms. The van der Waals surface area contributed by atoms with Gasteiger partial charge in [-0.3, -0.25) is 29.9 Å².